The molecule has 0 unspecified atom stereocenters. The van der Waals surface area contributed by atoms with Gasteiger partial charge in [0.2, 0.25) is 11.8 Å². The number of aromatic amines is 1. The molecular formula is C58H59IN10O4. The average Bonchev–Trinajstić information content (AvgIpc) is 4.14. The second-order valence-electron chi connectivity index (χ2n) is 20.3. The summed E-state index contributed by atoms with van der Waals surface area (Å²) in [5.74, 6) is 0.337. The number of rotatable bonds is 8. The highest BCUT2D eigenvalue weighted by Gasteiger charge is 2.29. The monoisotopic (exact) mass is 1090 g/mol. The number of nitrogens with zero attached hydrogens (tertiary/aromatic N) is 7. The fourth-order valence-electron chi connectivity index (χ4n) is 10.6. The molecule has 372 valence electrons. The summed E-state index contributed by atoms with van der Waals surface area (Å²) in [6, 6.07) is 28.5. The van der Waals surface area contributed by atoms with Crippen molar-refractivity contribution >= 4 is 91.3 Å². The van der Waals surface area contributed by atoms with Crippen LogP contribution >= 0.6 is 0 Å². The molecule has 8 aromatic rings. The Morgan fingerprint density at radius 3 is 2.00 bits per heavy atom. The summed E-state index contributed by atoms with van der Waals surface area (Å²) in [5, 5.41) is 11.9. The summed E-state index contributed by atoms with van der Waals surface area (Å²) in [7, 11) is 8.55. The number of fused-ring (bicyclic) bond motifs is 10. The third-order valence-electron chi connectivity index (χ3n) is 14.9. The van der Waals surface area contributed by atoms with Crippen molar-refractivity contribution in [2.75, 3.05) is 73.5 Å². The van der Waals surface area contributed by atoms with Gasteiger partial charge in [-0.3, -0.25) is 24.2 Å². The number of hydrogen-bond acceptors (Lipinski definition) is 7. The maximum atomic E-state index is 12.9. The Hall–Kier alpha value is -7.21. The lowest BCUT2D eigenvalue weighted by atomic mass is 10.0. The van der Waals surface area contributed by atoms with Gasteiger partial charge in [0.15, 0.2) is 0 Å². The lowest BCUT2D eigenvalue weighted by Crippen LogP contribution is -3.00. The van der Waals surface area contributed by atoms with Crippen molar-refractivity contribution in [3.05, 3.63) is 153 Å². The number of halogens is 1. The summed E-state index contributed by atoms with van der Waals surface area (Å²) >= 11 is 0. The molecule has 15 heteroatoms. The minimum absolute atomic E-state index is 0. The van der Waals surface area contributed by atoms with E-state index >= 15 is 0 Å². The van der Waals surface area contributed by atoms with Crippen LogP contribution in [0.2, 0.25) is 0 Å². The number of nitrogens with one attached hydrogen (secondary N) is 3. The maximum Gasteiger partial charge on any atom is 0.254 e. The van der Waals surface area contributed by atoms with E-state index in [-0.39, 0.29) is 47.6 Å². The van der Waals surface area contributed by atoms with Gasteiger partial charge in [-0.25, -0.2) is 4.98 Å². The standard InChI is InChI=1S/C30H31N5O2.C28H27N5O2.HI/c1-33-26-19-32-30(37)28(26)24-10-8-22-18-31-23(17-25(22)29(24)33)9-7-20-5-4-6-21(15-20)16-27(36)34-11-13-35(2,3)14-12-34;1-32-9-11-33(12-10-32)25(34)14-19-4-2-3-18(13-19)5-7-21-15-23-20(16-29-21)6-8-22-26-24(31-27(22)23)17-30-28(26)35;/h4-10,15,17-18H,11-14,16,19H2,1-3H3;2-8,13,15-16,29H,9-12,14,17H2,1H3,(H,30,35);1H/b9-7+;7-5+;. The molecule has 0 atom stereocenters. The summed E-state index contributed by atoms with van der Waals surface area (Å²) in [6.45, 7) is 8.14. The van der Waals surface area contributed by atoms with Crippen molar-refractivity contribution < 1.29 is 47.6 Å². The molecule has 0 bridgehead atoms. The predicted octanol–water partition coefficient (Wildman–Crippen LogP) is 4.05. The van der Waals surface area contributed by atoms with Gasteiger partial charge in [0.05, 0.1) is 105 Å². The van der Waals surface area contributed by atoms with Gasteiger partial charge in [-0.05, 0) is 59.0 Å². The summed E-state index contributed by atoms with van der Waals surface area (Å²) in [6.07, 6.45) is 12.8. The van der Waals surface area contributed by atoms with Crippen LogP contribution in [0.3, 0.4) is 0 Å². The highest BCUT2D eigenvalue weighted by atomic mass is 127. The number of H-pyrrole nitrogens is 1. The molecule has 0 spiro atoms. The van der Waals surface area contributed by atoms with Gasteiger partial charge in [-0.1, -0.05) is 84.9 Å². The number of aromatic nitrogens is 4. The van der Waals surface area contributed by atoms with Crippen molar-refractivity contribution in [1.29, 1.82) is 0 Å². The smallest absolute Gasteiger partial charge is 0.254 e. The quantitative estimate of drug-likeness (QED) is 0.154. The van der Waals surface area contributed by atoms with Crippen molar-refractivity contribution in [2.24, 2.45) is 7.05 Å². The topological polar surface area (TPSA) is 149 Å². The Morgan fingerprint density at radius 1 is 0.658 bits per heavy atom. The molecule has 4 amide bonds. The van der Waals surface area contributed by atoms with Gasteiger partial charge >= 0.3 is 0 Å². The van der Waals surface area contributed by atoms with E-state index in [4.69, 9.17) is 4.98 Å². The first-order chi connectivity index (χ1) is 34.8. The molecule has 4 aromatic heterocycles. The van der Waals surface area contributed by atoms with Crippen LogP contribution in [0.1, 0.15) is 65.7 Å². The molecule has 73 heavy (non-hydrogen) atoms. The molecule has 4 aliphatic rings. The zero-order chi connectivity index (χ0) is 49.7. The van der Waals surface area contributed by atoms with Crippen molar-refractivity contribution in [2.45, 2.75) is 25.9 Å². The second-order valence-corrected chi connectivity index (χ2v) is 20.3. The van der Waals surface area contributed by atoms with E-state index in [1.54, 1.807) is 0 Å². The third-order valence-corrected chi connectivity index (χ3v) is 14.9. The molecule has 14 nitrogen and oxygen atoms in total. The summed E-state index contributed by atoms with van der Waals surface area (Å²) in [4.78, 5) is 69.1. The lowest BCUT2D eigenvalue weighted by molar-refractivity contribution is -0.894. The fraction of sp³-hybridized carbons (Fsp3) is 0.276. The molecular weight excluding hydrogens is 1030 g/mol. The van der Waals surface area contributed by atoms with Crippen molar-refractivity contribution in [3.63, 3.8) is 0 Å². The Morgan fingerprint density at radius 2 is 1.29 bits per heavy atom. The van der Waals surface area contributed by atoms with E-state index in [1.807, 2.05) is 114 Å². The normalized spacial score (nSPS) is 16.5. The number of piperazine rings is 2. The minimum Gasteiger partial charge on any atom is -1.00 e. The van der Waals surface area contributed by atoms with E-state index in [1.165, 1.54) is 0 Å². The van der Waals surface area contributed by atoms with Gasteiger partial charge in [0, 0.05) is 78.2 Å². The van der Waals surface area contributed by atoms with E-state index in [0.29, 0.717) is 31.5 Å². The van der Waals surface area contributed by atoms with E-state index in [0.717, 1.165) is 151 Å². The first kappa shape index (κ1) is 49.4. The van der Waals surface area contributed by atoms with E-state index in [2.05, 4.69) is 75.5 Å². The fourth-order valence-corrected chi connectivity index (χ4v) is 10.6. The Labute approximate surface area is 441 Å². The van der Waals surface area contributed by atoms with Gasteiger partial charge in [0.1, 0.15) is 0 Å². The molecule has 2 fully saturated rings. The number of carbonyl (C=O) groups excluding carboxylic acids is 4. The van der Waals surface area contributed by atoms with Crippen LogP contribution in [-0.4, -0.2) is 136 Å². The summed E-state index contributed by atoms with van der Waals surface area (Å²) in [5.41, 5.74) is 11.2. The molecule has 0 radical (unpaired) electrons. The highest BCUT2D eigenvalue weighted by molar-refractivity contribution is 6.18. The van der Waals surface area contributed by atoms with Crippen molar-refractivity contribution in [3.8, 4) is 0 Å². The number of quaternary nitrogens is 1. The predicted molar refractivity (Wildman–Crippen MR) is 285 cm³/mol. The van der Waals surface area contributed by atoms with Gasteiger partial charge in [-0.2, -0.15) is 0 Å². The first-order valence-electron chi connectivity index (χ1n) is 24.8. The number of benzene rings is 4. The molecule has 3 N–H and O–H groups in total. The van der Waals surface area contributed by atoms with Crippen LogP contribution in [0.25, 0.3) is 67.7 Å². The van der Waals surface area contributed by atoms with Gasteiger partial charge < -0.3 is 63.3 Å². The minimum atomic E-state index is -0.0459. The van der Waals surface area contributed by atoms with Crippen LogP contribution in [0.5, 0.6) is 0 Å². The van der Waals surface area contributed by atoms with Crippen LogP contribution in [0.15, 0.2) is 97.3 Å². The summed E-state index contributed by atoms with van der Waals surface area (Å²) < 4.78 is 3.10. The molecule has 4 aliphatic heterocycles. The SMILES string of the molecule is CN1CCN(C(=O)Cc2cccc(/C=C/c3cc4c(ccc5c6c(nc54)CNC6=O)c[nH]3)c2)CC1.Cn1c2c(c3ccc4cnc(/C=C/c5cccc(CC(=O)N6CC[N+](C)(C)CC6)c5)cc4c31)C(=O)NC2.[I-]. The Bertz CT molecular complexity index is 3560. The van der Waals surface area contributed by atoms with Crippen molar-refractivity contribution in [1.82, 2.24) is 44.9 Å². The zero-order valence-corrected chi connectivity index (χ0v) is 43.8. The Kier molecular flexibility index (Phi) is 13.8. The average molecular weight is 1090 g/mol. The Balaban J connectivity index is 0.000000165. The third kappa shape index (κ3) is 10.1. The number of likely N-dealkylation sites (N-methyl/N-ethyl adjacent to an activating group) is 2. The van der Waals surface area contributed by atoms with Crippen LogP contribution in [-0.2, 0) is 42.6 Å². The molecule has 4 aromatic carbocycles. The van der Waals surface area contributed by atoms with E-state index in [9.17, 15) is 19.2 Å². The van der Waals surface area contributed by atoms with Gasteiger partial charge in [0.25, 0.3) is 11.8 Å². The molecule has 0 saturated carbocycles. The number of carbonyl (C=O) groups is 4. The van der Waals surface area contributed by atoms with Crippen LogP contribution in [0, 0.1) is 0 Å². The number of hydrogen-bond donors (Lipinski definition) is 3. The van der Waals surface area contributed by atoms with Crippen LogP contribution < -0.4 is 34.6 Å². The maximum absolute atomic E-state index is 12.9. The number of amides is 4. The molecule has 12 rings (SSSR count). The van der Waals surface area contributed by atoms with E-state index < -0.39 is 0 Å². The largest absolute Gasteiger partial charge is 1.00 e. The second kappa shape index (κ2) is 20.4. The molecule has 2 saturated heterocycles. The first-order valence-corrected chi connectivity index (χ1v) is 24.8. The number of pyridine rings is 2. The number of aryl methyl sites for hydroxylation is 1. The zero-order valence-electron chi connectivity index (χ0n) is 41.7. The highest BCUT2D eigenvalue weighted by Crippen LogP contribution is 2.35. The van der Waals surface area contributed by atoms with Crippen LogP contribution in [0.4, 0.5) is 0 Å². The molecule has 8 heterocycles. The van der Waals surface area contributed by atoms with Gasteiger partial charge in [-0.15, -0.1) is 0 Å². The lowest BCUT2D eigenvalue weighted by Gasteiger charge is -2.39. The molecule has 0 aliphatic carbocycles.